The van der Waals surface area contributed by atoms with Gasteiger partial charge in [0.15, 0.2) is 0 Å². The van der Waals surface area contributed by atoms with E-state index in [-0.39, 0.29) is 27.4 Å². The molecule has 7 heteroatoms. The Morgan fingerprint density at radius 1 is 1.20 bits per heavy atom. The maximum atomic E-state index is 12.7. The monoisotopic (exact) mass is 386 g/mol. The van der Waals surface area contributed by atoms with Crippen LogP contribution < -0.4 is 5.32 Å². The molecule has 1 fully saturated rings. The summed E-state index contributed by atoms with van der Waals surface area (Å²) in [5, 5.41) is 3.26. The number of halogens is 1. The number of amides is 1. The second-order valence-corrected chi connectivity index (χ2v) is 9.01. The van der Waals surface area contributed by atoms with Crippen LogP contribution in [0.2, 0.25) is 5.02 Å². The zero-order valence-corrected chi connectivity index (χ0v) is 16.7. The third kappa shape index (κ3) is 4.74. The molecule has 0 aliphatic heterocycles. The second-order valence-electron chi connectivity index (χ2n) is 6.66. The number of nitrogens with one attached hydrogen (secondary N) is 1. The van der Waals surface area contributed by atoms with Gasteiger partial charge >= 0.3 is 0 Å². The second kappa shape index (κ2) is 8.52. The van der Waals surface area contributed by atoms with E-state index in [2.05, 4.69) is 12.2 Å². The largest absolute Gasteiger partial charge is 0.349 e. The lowest BCUT2D eigenvalue weighted by molar-refractivity contribution is 0.0923. The van der Waals surface area contributed by atoms with Crippen molar-refractivity contribution >= 4 is 27.5 Å². The molecule has 1 N–H and O–H groups in total. The maximum Gasteiger partial charge on any atom is 0.253 e. The molecular formula is C18H27ClN2O3S. The summed E-state index contributed by atoms with van der Waals surface area (Å²) in [6.07, 6.45) is 4.08. The summed E-state index contributed by atoms with van der Waals surface area (Å²) in [5.41, 5.74) is 0.216. The summed E-state index contributed by atoms with van der Waals surface area (Å²) in [4.78, 5) is 12.7. The lowest BCUT2D eigenvalue weighted by Gasteiger charge is -2.27. The summed E-state index contributed by atoms with van der Waals surface area (Å²) in [6.45, 7) is 6.55. The zero-order valence-electron chi connectivity index (χ0n) is 15.1. The van der Waals surface area contributed by atoms with Gasteiger partial charge in [-0.05, 0) is 49.8 Å². The molecule has 2 rings (SSSR count). The molecule has 1 saturated carbocycles. The van der Waals surface area contributed by atoms with Crippen molar-refractivity contribution in [3.8, 4) is 0 Å². The molecule has 140 valence electrons. The Labute approximate surface area is 155 Å². The summed E-state index contributed by atoms with van der Waals surface area (Å²) in [6, 6.07) is 4.45. The van der Waals surface area contributed by atoms with E-state index < -0.39 is 10.0 Å². The molecule has 0 radical (unpaired) electrons. The van der Waals surface area contributed by atoms with Gasteiger partial charge in [-0.1, -0.05) is 32.4 Å². The SMILES string of the molecule is CCN(CC)S(=O)(=O)c1ccc(Cl)c(C(=O)NC2CCC(C)CC2)c1. The fraction of sp³-hybridized carbons (Fsp3) is 0.611. The van der Waals surface area contributed by atoms with E-state index in [1.54, 1.807) is 13.8 Å². The Bertz CT molecular complexity index is 709. The minimum absolute atomic E-state index is 0.100. The molecule has 0 heterocycles. The van der Waals surface area contributed by atoms with Gasteiger partial charge in [0, 0.05) is 19.1 Å². The molecule has 25 heavy (non-hydrogen) atoms. The van der Waals surface area contributed by atoms with Crippen LogP contribution in [0.1, 0.15) is 56.8 Å². The van der Waals surface area contributed by atoms with Crippen LogP contribution in [-0.4, -0.2) is 37.8 Å². The number of hydrogen-bond donors (Lipinski definition) is 1. The van der Waals surface area contributed by atoms with Crippen molar-refractivity contribution < 1.29 is 13.2 Å². The Hall–Kier alpha value is -1.11. The van der Waals surface area contributed by atoms with Crippen LogP contribution in [0.3, 0.4) is 0 Å². The normalized spacial score (nSPS) is 21.3. The first-order valence-electron chi connectivity index (χ1n) is 8.90. The van der Waals surface area contributed by atoms with Gasteiger partial charge in [-0.2, -0.15) is 4.31 Å². The predicted molar refractivity (Wildman–Crippen MR) is 100 cm³/mol. The third-order valence-electron chi connectivity index (χ3n) is 4.88. The highest BCUT2D eigenvalue weighted by Gasteiger charge is 2.25. The van der Waals surface area contributed by atoms with Crippen molar-refractivity contribution in [2.45, 2.75) is 57.4 Å². The fourth-order valence-corrected chi connectivity index (χ4v) is 4.91. The number of carbonyl (C=O) groups excluding carboxylic acids is 1. The molecule has 0 unspecified atom stereocenters. The minimum atomic E-state index is -3.62. The average Bonchev–Trinajstić information content (AvgIpc) is 2.58. The summed E-state index contributed by atoms with van der Waals surface area (Å²) in [7, 11) is -3.62. The zero-order chi connectivity index (χ0) is 18.6. The summed E-state index contributed by atoms with van der Waals surface area (Å²) in [5.74, 6) is 0.389. The van der Waals surface area contributed by atoms with Gasteiger partial charge in [0.1, 0.15) is 0 Å². The van der Waals surface area contributed by atoms with E-state index in [1.165, 1.54) is 22.5 Å². The van der Waals surface area contributed by atoms with E-state index in [9.17, 15) is 13.2 Å². The smallest absolute Gasteiger partial charge is 0.253 e. The van der Waals surface area contributed by atoms with E-state index >= 15 is 0 Å². The summed E-state index contributed by atoms with van der Waals surface area (Å²) >= 11 is 6.16. The fourth-order valence-electron chi connectivity index (χ4n) is 3.22. The van der Waals surface area contributed by atoms with Crippen LogP contribution in [0.5, 0.6) is 0 Å². The number of carbonyl (C=O) groups is 1. The Kier molecular flexibility index (Phi) is 6.88. The molecule has 0 aromatic heterocycles. The lowest BCUT2D eigenvalue weighted by atomic mass is 9.87. The van der Waals surface area contributed by atoms with Gasteiger partial charge in [0.2, 0.25) is 10.0 Å². The maximum absolute atomic E-state index is 12.7. The van der Waals surface area contributed by atoms with Crippen LogP contribution in [0.4, 0.5) is 0 Å². The molecule has 0 bridgehead atoms. The molecular weight excluding hydrogens is 360 g/mol. The minimum Gasteiger partial charge on any atom is -0.349 e. The number of sulfonamides is 1. The van der Waals surface area contributed by atoms with Crippen LogP contribution in [0.25, 0.3) is 0 Å². The highest BCUT2D eigenvalue weighted by molar-refractivity contribution is 7.89. The first-order valence-corrected chi connectivity index (χ1v) is 10.7. The molecule has 1 amide bonds. The number of nitrogens with zero attached hydrogens (tertiary/aromatic N) is 1. The molecule has 0 saturated heterocycles. The molecule has 1 aliphatic rings. The number of rotatable bonds is 6. The first-order chi connectivity index (χ1) is 11.8. The van der Waals surface area contributed by atoms with E-state index in [0.29, 0.717) is 19.0 Å². The number of benzene rings is 1. The van der Waals surface area contributed by atoms with Crippen LogP contribution in [-0.2, 0) is 10.0 Å². The first kappa shape index (κ1) is 20.2. The Morgan fingerprint density at radius 2 is 1.80 bits per heavy atom. The van der Waals surface area contributed by atoms with E-state index in [0.717, 1.165) is 25.7 Å². The van der Waals surface area contributed by atoms with Crippen molar-refractivity contribution in [2.24, 2.45) is 5.92 Å². The van der Waals surface area contributed by atoms with Gasteiger partial charge in [-0.3, -0.25) is 4.79 Å². The molecule has 1 aliphatic carbocycles. The van der Waals surface area contributed by atoms with Crippen molar-refractivity contribution in [2.75, 3.05) is 13.1 Å². The highest BCUT2D eigenvalue weighted by Crippen LogP contribution is 2.26. The van der Waals surface area contributed by atoms with Crippen molar-refractivity contribution in [3.05, 3.63) is 28.8 Å². The van der Waals surface area contributed by atoms with E-state index in [1.807, 2.05) is 0 Å². The average molecular weight is 387 g/mol. The van der Waals surface area contributed by atoms with Crippen LogP contribution in [0, 0.1) is 5.92 Å². The van der Waals surface area contributed by atoms with Gasteiger partial charge < -0.3 is 5.32 Å². The molecule has 1 aromatic carbocycles. The topological polar surface area (TPSA) is 66.5 Å². The van der Waals surface area contributed by atoms with Crippen molar-refractivity contribution in [3.63, 3.8) is 0 Å². The third-order valence-corrected chi connectivity index (χ3v) is 7.25. The van der Waals surface area contributed by atoms with Crippen molar-refractivity contribution in [1.82, 2.24) is 9.62 Å². The Balaban J connectivity index is 2.22. The molecule has 5 nitrogen and oxygen atoms in total. The van der Waals surface area contributed by atoms with Gasteiger partial charge in [0.05, 0.1) is 15.5 Å². The number of hydrogen-bond acceptors (Lipinski definition) is 3. The van der Waals surface area contributed by atoms with Gasteiger partial charge in [-0.15, -0.1) is 0 Å². The van der Waals surface area contributed by atoms with Gasteiger partial charge in [-0.25, -0.2) is 8.42 Å². The Morgan fingerprint density at radius 3 is 2.36 bits per heavy atom. The quantitative estimate of drug-likeness (QED) is 0.810. The van der Waals surface area contributed by atoms with Gasteiger partial charge in [0.25, 0.3) is 5.91 Å². The molecule has 0 spiro atoms. The standard InChI is InChI=1S/C18H27ClN2O3S/c1-4-21(5-2)25(23,24)15-10-11-17(19)16(12-15)18(22)20-14-8-6-13(3)7-9-14/h10-14H,4-9H2,1-3H3,(H,20,22). The van der Waals surface area contributed by atoms with Crippen molar-refractivity contribution in [1.29, 1.82) is 0 Å². The summed E-state index contributed by atoms with van der Waals surface area (Å²) < 4.78 is 26.7. The van der Waals surface area contributed by atoms with E-state index in [4.69, 9.17) is 11.6 Å². The molecule has 0 atom stereocenters. The molecule has 1 aromatic rings. The van der Waals surface area contributed by atoms with Crippen LogP contribution in [0.15, 0.2) is 23.1 Å². The predicted octanol–water partition coefficient (Wildman–Crippen LogP) is 3.68. The highest BCUT2D eigenvalue weighted by atomic mass is 35.5. The lowest BCUT2D eigenvalue weighted by Crippen LogP contribution is -2.37. The van der Waals surface area contributed by atoms with Crippen LogP contribution >= 0.6 is 11.6 Å².